The van der Waals surface area contributed by atoms with Gasteiger partial charge in [-0.25, -0.2) is 0 Å². The molecule has 3 atom stereocenters. The van der Waals surface area contributed by atoms with Crippen molar-refractivity contribution in [1.82, 2.24) is 9.80 Å². The number of nitrogens with zero attached hydrogens (tertiary/aromatic N) is 2. The molecule has 5 rings (SSSR count). The predicted molar refractivity (Wildman–Crippen MR) is 121 cm³/mol. The molecule has 0 radical (unpaired) electrons. The number of benzene rings is 2. The summed E-state index contributed by atoms with van der Waals surface area (Å²) in [5.74, 6) is 1.01. The highest BCUT2D eigenvalue weighted by molar-refractivity contribution is 5.88. The average molecular weight is 435 g/mol. The van der Waals surface area contributed by atoms with Crippen LogP contribution in [-0.4, -0.2) is 65.6 Å². The molecule has 1 N–H and O–H groups in total. The Labute approximate surface area is 188 Å². The molecule has 32 heavy (non-hydrogen) atoms. The molecule has 1 saturated carbocycles. The highest BCUT2D eigenvalue weighted by Gasteiger charge is 2.54. The van der Waals surface area contributed by atoms with Crippen molar-refractivity contribution in [2.24, 2.45) is 5.92 Å². The maximum absolute atomic E-state index is 13.0. The number of fused-ring (bicyclic) bond motifs is 1. The first-order valence-electron chi connectivity index (χ1n) is 11.6. The molecule has 1 aliphatic carbocycles. The molecule has 0 aromatic heterocycles. The number of hydrogen-bond donors (Lipinski definition) is 1. The summed E-state index contributed by atoms with van der Waals surface area (Å²) in [6, 6.07) is 16.0. The van der Waals surface area contributed by atoms with E-state index in [2.05, 4.69) is 24.3 Å². The first kappa shape index (κ1) is 21.0. The van der Waals surface area contributed by atoms with Crippen LogP contribution in [0, 0.1) is 5.92 Å². The van der Waals surface area contributed by atoms with Crippen molar-refractivity contribution in [1.29, 1.82) is 0 Å². The number of carbonyl (C=O) groups excluding carboxylic acids is 2. The summed E-state index contributed by atoms with van der Waals surface area (Å²) in [7, 11) is 1.66. The molecule has 168 valence electrons. The Morgan fingerprint density at radius 3 is 2.53 bits per heavy atom. The van der Waals surface area contributed by atoms with E-state index in [1.54, 1.807) is 16.9 Å². The first-order chi connectivity index (χ1) is 15.6. The van der Waals surface area contributed by atoms with Gasteiger partial charge >= 0.3 is 0 Å². The summed E-state index contributed by atoms with van der Waals surface area (Å²) >= 11 is 0. The lowest BCUT2D eigenvalue weighted by Gasteiger charge is -2.59. The number of methoxy groups -OCH3 is 1. The third kappa shape index (κ3) is 3.56. The number of aliphatic hydroxyl groups excluding tert-OH is 1. The zero-order valence-corrected chi connectivity index (χ0v) is 18.4. The van der Waals surface area contributed by atoms with Crippen LogP contribution < -0.4 is 4.74 Å². The lowest BCUT2D eigenvalue weighted by molar-refractivity contribution is -0.168. The molecule has 2 heterocycles. The van der Waals surface area contributed by atoms with Gasteiger partial charge < -0.3 is 19.6 Å². The van der Waals surface area contributed by atoms with E-state index in [1.807, 2.05) is 24.3 Å². The summed E-state index contributed by atoms with van der Waals surface area (Å²) in [5, 5.41) is 10.0. The smallest absolute Gasteiger partial charge is 0.242 e. The molecule has 2 saturated heterocycles. The number of piperazine rings is 1. The normalized spacial score (nSPS) is 25.4. The average Bonchev–Trinajstić information content (AvgIpc) is 3.35. The van der Waals surface area contributed by atoms with Crippen molar-refractivity contribution in [3.63, 3.8) is 0 Å². The zero-order chi connectivity index (χ0) is 22.2. The van der Waals surface area contributed by atoms with Crippen molar-refractivity contribution < 1.29 is 19.4 Å². The van der Waals surface area contributed by atoms with Crippen LogP contribution in [0.25, 0.3) is 11.1 Å². The van der Waals surface area contributed by atoms with E-state index in [0.717, 1.165) is 48.1 Å². The summed E-state index contributed by atoms with van der Waals surface area (Å²) in [6.07, 6.45) is 4.07. The zero-order valence-electron chi connectivity index (χ0n) is 18.4. The molecular weight excluding hydrogens is 404 g/mol. The van der Waals surface area contributed by atoms with Gasteiger partial charge in [0, 0.05) is 18.4 Å². The van der Waals surface area contributed by atoms with Crippen molar-refractivity contribution in [3.8, 4) is 16.9 Å². The van der Waals surface area contributed by atoms with Gasteiger partial charge in [-0.15, -0.1) is 0 Å². The second-order valence-corrected chi connectivity index (χ2v) is 9.20. The van der Waals surface area contributed by atoms with E-state index in [4.69, 9.17) is 4.74 Å². The van der Waals surface area contributed by atoms with Crippen molar-refractivity contribution >= 4 is 11.8 Å². The molecule has 2 amide bonds. The van der Waals surface area contributed by atoms with E-state index >= 15 is 0 Å². The van der Waals surface area contributed by atoms with E-state index in [9.17, 15) is 14.7 Å². The predicted octanol–water partition coefficient (Wildman–Crippen LogP) is 3.05. The summed E-state index contributed by atoms with van der Waals surface area (Å²) < 4.78 is 5.33. The maximum Gasteiger partial charge on any atom is 0.242 e. The summed E-state index contributed by atoms with van der Waals surface area (Å²) in [4.78, 5) is 29.4. The second-order valence-electron chi connectivity index (χ2n) is 9.20. The minimum atomic E-state index is -0.223. The monoisotopic (exact) mass is 434 g/mol. The van der Waals surface area contributed by atoms with Crippen molar-refractivity contribution in [3.05, 3.63) is 54.1 Å². The Bertz CT molecular complexity index is 999. The van der Waals surface area contributed by atoms with Gasteiger partial charge in [-0.05, 0) is 41.7 Å². The molecule has 0 unspecified atom stereocenters. The third-order valence-corrected chi connectivity index (χ3v) is 7.47. The van der Waals surface area contributed by atoms with Gasteiger partial charge in [0.25, 0.3) is 0 Å². The van der Waals surface area contributed by atoms with Crippen LogP contribution in [0.3, 0.4) is 0 Å². The van der Waals surface area contributed by atoms with Crippen LogP contribution in [0.5, 0.6) is 5.75 Å². The molecule has 0 spiro atoms. The maximum atomic E-state index is 13.0. The molecule has 6 nitrogen and oxygen atoms in total. The number of aliphatic hydroxyl groups is 1. The Morgan fingerprint density at radius 1 is 1.09 bits per heavy atom. The second kappa shape index (κ2) is 8.58. The fraction of sp³-hybridized carbons (Fsp3) is 0.462. The van der Waals surface area contributed by atoms with Gasteiger partial charge in [-0.3, -0.25) is 9.59 Å². The highest BCUT2D eigenvalue weighted by Crippen LogP contribution is 2.43. The molecule has 0 bridgehead atoms. The van der Waals surface area contributed by atoms with E-state index in [-0.39, 0.29) is 48.9 Å². The van der Waals surface area contributed by atoms with E-state index in [1.165, 1.54) is 0 Å². The van der Waals surface area contributed by atoms with Gasteiger partial charge in [0.2, 0.25) is 11.8 Å². The summed E-state index contributed by atoms with van der Waals surface area (Å²) in [5.41, 5.74) is 3.26. The van der Waals surface area contributed by atoms with Crippen LogP contribution in [0.1, 0.15) is 37.2 Å². The van der Waals surface area contributed by atoms with Crippen molar-refractivity contribution in [2.75, 3.05) is 26.8 Å². The Kier molecular flexibility index (Phi) is 5.64. The Hall–Kier alpha value is -2.86. The number of hydrogen-bond acceptors (Lipinski definition) is 4. The number of carbonyl (C=O) groups is 2. The fourth-order valence-corrected chi connectivity index (χ4v) is 5.80. The number of ether oxygens (including phenoxy) is 1. The standard InChI is InChI=1S/C26H30N2O4/c1-32-21-8-4-7-20(13-21)17-9-11-18(12-10-17)25-22-14-27(26(31)19-5-2-3-6-19)15-24(30)28(22)23(25)16-29/h4,7-13,19,22-23,25,29H,2-3,5-6,14-16H2,1H3/t22-,23-,25+/m0/s1. The van der Waals surface area contributed by atoms with E-state index < -0.39 is 0 Å². The molecule has 2 aliphatic heterocycles. The van der Waals surface area contributed by atoms with Crippen LogP contribution in [0.15, 0.2) is 48.5 Å². The molecular formula is C26H30N2O4. The molecule has 6 heteroatoms. The Balaban J connectivity index is 1.36. The highest BCUT2D eigenvalue weighted by atomic mass is 16.5. The van der Waals surface area contributed by atoms with Crippen molar-refractivity contribution in [2.45, 2.75) is 43.7 Å². The summed E-state index contributed by atoms with van der Waals surface area (Å²) in [6.45, 7) is 0.630. The number of amides is 2. The van der Waals surface area contributed by atoms with Gasteiger partial charge in [0.05, 0.1) is 32.3 Å². The van der Waals surface area contributed by atoms with Gasteiger partial charge in [0.1, 0.15) is 5.75 Å². The van der Waals surface area contributed by atoms with Gasteiger partial charge in [-0.1, -0.05) is 49.2 Å². The molecule has 2 aromatic rings. The molecule has 2 aromatic carbocycles. The SMILES string of the molecule is COc1cccc(-c2ccc([C@H]3[C@H](CO)N4C(=O)CN(C(=O)C5CCCC5)C[C@@H]34)cc2)c1. The number of rotatable bonds is 5. The van der Waals surface area contributed by atoms with E-state index in [0.29, 0.717) is 6.54 Å². The van der Waals surface area contributed by atoms with Gasteiger partial charge in [0.15, 0.2) is 0 Å². The minimum absolute atomic E-state index is 0.0301. The van der Waals surface area contributed by atoms with Crippen LogP contribution >= 0.6 is 0 Å². The lowest BCUT2D eigenvalue weighted by Crippen LogP contribution is -2.73. The van der Waals surface area contributed by atoms with Crippen LogP contribution in [0.2, 0.25) is 0 Å². The lowest BCUT2D eigenvalue weighted by atomic mass is 9.73. The fourth-order valence-electron chi connectivity index (χ4n) is 5.80. The molecule has 3 aliphatic rings. The molecule has 3 fully saturated rings. The van der Waals surface area contributed by atoms with Gasteiger partial charge in [-0.2, -0.15) is 0 Å². The Morgan fingerprint density at radius 2 is 1.84 bits per heavy atom. The third-order valence-electron chi connectivity index (χ3n) is 7.47. The minimum Gasteiger partial charge on any atom is -0.497 e. The largest absolute Gasteiger partial charge is 0.497 e. The topological polar surface area (TPSA) is 70.1 Å². The van der Waals surface area contributed by atoms with Crippen LogP contribution in [-0.2, 0) is 9.59 Å². The first-order valence-corrected chi connectivity index (χ1v) is 11.6. The quantitative estimate of drug-likeness (QED) is 0.785. The van der Waals surface area contributed by atoms with Crippen LogP contribution in [0.4, 0.5) is 0 Å².